The van der Waals surface area contributed by atoms with E-state index in [-0.39, 0.29) is 5.91 Å². The Morgan fingerprint density at radius 3 is 3.26 bits per heavy atom. The molecule has 102 valence electrons. The zero-order chi connectivity index (χ0) is 13.1. The summed E-state index contributed by atoms with van der Waals surface area (Å²) in [6.07, 6.45) is 3.20. The predicted octanol–water partition coefficient (Wildman–Crippen LogP) is 1.35. The van der Waals surface area contributed by atoms with Gasteiger partial charge in [-0.25, -0.2) is 0 Å². The molecule has 2 heterocycles. The molecule has 2 aliphatic heterocycles. The van der Waals surface area contributed by atoms with Gasteiger partial charge in [-0.1, -0.05) is 0 Å². The van der Waals surface area contributed by atoms with Gasteiger partial charge in [-0.15, -0.1) is 0 Å². The Labute approximate surface area is 113 Å². The van der Waals surface area contributed by atoms with Gasteiger partial charge in [-0.3, -0.25) is 4.79 Å². The molecule has 1 fully saturated rings. The van der Waals surface area contributed by atoms with Crippen molar-refractivity contribution in [3.63, 3.8) is 0 Å². The van der Waals surface area contributed by atoms with Gasteiger partial charge in [0.1, 0.15) is 5.75 Å². The third kappa shape index (κ3) is 2.89. The minimum absolute atomic E-state index is 0.0284. The summed E-state index contributed by atoms with van der Waals surface area (Å²) in [4.78, 5) is 12.1. The van der Waals surface area contributed by atoms with E-state index >= 15 is 0 Å². The van der Waals surface area contributed by atoms with Gasteiger partial charge in [0.15, 0.2) is 0 Å². The molecule has 1 aromatic rings. The summed E-state index contributed by atoms with van der Waals surface area (Å²) in [5.74, 6) is 1.67. The Balaban J connectivity index is 1.52. The van der Waals surface area contributed by atoms with Crippen LogP contribution in [0.25, 0.3) is 0 Å². The van der Waals surface area contributed by atoms with Crippen LogP contribution in [0.2, 0.25) is 0 Å². The molecule has 0 bridgehead atoms. The van der Waals surface area contributed by atoms with Gasteiger partial charge in [0.2, 0.25) is 0 Å². The van der Waals surface area contributed by atoms with Crippen molar-refractivity contribution in [3.05, 3.63) is 29.3 Å². The van der Waals surface area contributed by atoms with Crippen molar-refractivity contribution < 1.29 is 9.53 Å². The minimum atomic E-state index is 0.0284. The number of carbonyl (C=O) groups is 1. The highest BCUT2D eigenvalue weighted by atomic mass is 16.5. The molecule has 0 radical (unpaired) electrons. The van der Waals surface area contributed by atoms with E-state index in [1.54, 1.807) is 0 Å². The summed E-state index contributed by atoms with van der Waals surface area (Å²) in [7, 11) is 0. The summed E-state index contributed by atoms with van der Waals surface area (Å²) in [5.41, 5.74) is 1.89. The largest absolute Gasteiger partial charge is 0.493 e. The maximum absolute atomic E-state index is 12.1. The first-order valence-corrected chi connectivity index (χ1v) is 7.07. The Hall–Kier alpha value is -1.55. The normalized spacial score (nSPS) is 20.9. The molecule has 2 N–H and O–H groups in total. The van der Waals surface area contributed by atoms with Crippen LogP contribution in [0.3, 0.4) is 0 Å². The average molecular weight is 260 g/mol. The lowest BCUT2D eigenvalue weighted by molar-refractivity contribution is 0.0951. The van der Waals surface area contributed by atoms with E-state index in [4.69, 9.17) is 4.74 Å². The van der Waals surface area contributed by atoms with Crippen molar-refractivity contribution in [2.24, 2.45) is 5.92 Å². The number of amides is 1. The maximum Gasteiger partial charge on any atom is 0.251 e. The molecule has 0 spiro atoms. The molecule has 1 atom stereocenters. The lowest BCUT2D eigenvalue weighted by Gasteiger charge is -2.10. The van der Waals surface area contributed by atoms with Crippen LogP contribution < -0.4 is 15.4 Å². The predicted molar refractivity (Wildman–Crippen MR) is 73.6 cm³/mol. The summed E-state index contributed by atoms with van der Waals surface area (Å²) < 4.78 is 5.44. The van der Waals surface area contributed by atoms with Crippen LogP contribution in [-0.2, 0) is 6.42 Å². The molecule has 0 saturated carbocycles. The third-order valence-corrected chi connectivity index (χ3v) is 3.95. The van der Waals surface area contributed by atoms with E-state index in [0.29, 0.717) is 5.92 Å². The minimum Gasteiger partial charge on any atom is -0.493 e. The number of fused-ring (bicyclic) bond motifs is 1. The molecular weight excluding hydrogens is 240 g/mol. The summed E-state index contributed by atoms with van der Waals surface area (Å²) >= 11 is 0. The molecule has 4 heteroatoms. The van der Waals surface area contributed by atoms with E-state index in [1.165, 1.54) is 6.42 Å². The summed E-state index contributed by atoms with van der Waals surface area (Å²) in [6.45, 7) is 3.70. The lowest BCUT2D eigenvalue weighted by Crippen LogP contribution is -2.26. The lowest BCUT2D eigenvalue weighted by atomic mass is 10.0. The molecule has 0 aliphatic carbocycles. The number of hydrogen-bond donors (Lipinski definition) is 2. The first-order chi connectivity index (χ1) is 9.33. The molecule has 19 heavy (non-hydrogen) atoms. The van der Waals surface area contributed by atoms with Crippen LogP contribution in [0.15, 0.2) is 18.2 Å². The molecule has 1 aromatic carbocycles. The molecule has 0 aromatic heterocycles. The summed E-state index contributed by atoms with van der Waals surface area (Å²) in [6, 6.07) is 5.70. The van der Waals surface area contributed by atoms with E-state index in [9.17, 15) is 4.79 Å². The van der Waals surface area contributed by atoms with E-state index < -0.39 is 0 Å². The SMILES string of the molecule is O=C(NCCC1CCNC1)c1ccc2c(c1)CCO2. The Kier molecular flexibility index (Phi) is 3.69. The first kappa shape index (κ1) is 12.5. The number of benzene rings is 1. The molecule has 3 rings (SSSR count). The Morgan fingerprint density at radius 2 is 2.42 bits per heavy atom. The van der Waals surface area contributed by atoms with Crippen molar-refractivity contribution in [1.29, 1.82) is 0 Å². The number of rotatable bonds is 4. The van der Waals surface area contributed by atoms with E-state index in [0.717, 1.165) is 56.0 Å². The number of hydrogen-bond acceptors (Lipinski definition) is 3. The van der Waals surface area contributed by atoms with Crippen molar-refractivity contribution in [2.75, 3.05) is 26.2 Å². The quantitative estimate of drug-likeness (QED) is 0.859. The van der Waals surface area contributed by atoms with Crippen molar-refractivity contribution >= 4 is 5.91 Å². The highest BCUT2D eigenvalue weighted by molar-refractivity contribution is 5.94. The Morgan fingerprint density at radius 1 is 1.47 bits per heavy atom. The fourth-order valence-corrected chi connectivity index (χ4v) is 2.78. The number of ether oxygens (including phenoxy) is 1. The molecule has 1 unspecified atom stereocenters. The highest BCUT2D eigenvalue weighted by Crippen LogP contribution is 2.25. The van der Waals surface area contributed by atoms with E-state index in [2.05, 4.69) is 10.6 Å². The van der Waals surface area contributed by atoms with Crippen molar-refractivity contribution in [2.45, 2.75) is 19.3 Å². The van der Waals surface area contributed by atoms with Crippen LogP contribution in [0.5, 0.6) is 5.75 Å². The second-order valence-corrected chi connectivity index (χ2v) is 5.32. The van der Waals surface area contributed by atoms with Gasteiger partial charge in [-0.05, 0) is 55.6 Å². The van der Waals surface area contributed by atoms with Crippen LogP contribution in [-0.4, -0.2) is 32.1 Å². The standard InChI is InChI=1S/C15H20N2O2/c18-15(17-7-4-11-3-6-16-10-11)13-1-2-14-12(9-13)5-8-19-14/h1-2,9,11,16H,3-8,10H2,(H,17,18). The zero-order valence-electron chi connectivity index (χ0n) is 11.1. The van der Waals surface area contributed by atoms with Crippen LogP contribution >= 0.6 is 0 Å². The highest BCUT2D eigenvalue weighted by Gasteiger charge is 2.16. The smallest absolute Gasteiger partial charge is 0.251 e. The molecule has 4 nitrogen and oxygen atoms in total. The van der Waals surface area contributed by atoms with Crippen molar-refractivity contribution in [3.8, 4) is 5.75 Å². The van der Waals surface area contributed by atoms with Gasteiger partial charge in [0, 0.05) is 18.5 Å². The number of carbonyl (C=O) groups excluding carboxylic acids is 1. The fourth-order valence-electron chi connectivity index (χ4n) is 2.78. The molecular formula is C15H20N2O2. The summed E-state index contributed by atoms with van der Waals surface area (Å²) in [5, 5.41) is 6.35. The van der Waals surface area contributed by atoms with Gasteiger partial charge in [-0.2, -0.15) is 0 Å². The monoisotopic (exact) mass is 260 g/mol. The average Bonchev–Trinajstić information content (AvgIpc) is 3.08. The molecule has 2 aliphatic rings. The zero-order valence-corrected chi connectivity index (χ0v) is 11.1. The second kappa shape index (κ2) is 5.61. The number of nitrogens with one attached hydrogen (secondary N) is 2. The maximum atomic E-state index is 12.1. The molecule has 1 saturated heterocycles. The van der Waals surface area contributed by atoms with Crippen LogP contribution in [0.1, 0.15) is 28.8 Å². The first-order valence-electron chi connectivity index (χ1n) is 7.07. The van der Waals surface area contributed by atoms with Gasteiger partial charge in [0.05, 0.1) is 6.61 Å². The van der Waals surface area contributed by atoms with Gasteiger partial charge < -0.3 is 15.4 Å². The third-order valence-electron chi connectivity index (χ3n) is 3.95. The van der Waals surface area contributed by atoms with Crippen LogP contribution in [0, 0.1) is 5.92 Å². The Bertz CT molecular complexity index is 467. The van der Waals surface area contributed by atoms with Crippen molar-refractivity contribution in [1.82, 2.24) is 10.6 Å². The van der Waals surface area contributed by atoms with E-state index in [1.807, 2.05) is 18.2 Å². The second-order valence-electron chi connectivity index (χ2n) is 5.32. The van der Waals surface area contributed by atoms with Crippen LogP contribution in [0.4, 0.5) is 0 Å². The molecule has 1 amide bonds. The topological polar surface area (TPSA) is 50.4 Å². The van der Waals surface area contributed by atoms with Gasteiger partial charge in [0.25, 0.3) is 5.91 Å². The fraction of sp³-hybridized carbons (Fsp3) is 0.533. The van der Waals surface area contributed by atoms with Gasteiger partial charge >= 0.3 is 0 Å².